The van der Waals surface area contributed by atoms with Gasteiger partial charge < -0.3 is 14.9 Å². The third-order valence-corrected chi connectivity index (χ3v) is 3.97. The fourth-order valence-electron chi connectivity index (χ4n) is 2.56. The van der Waals surface area contributed by atoms with Crippen LogP contribution in [0.2, 0.25) is 0 Å². The summed E-state index contributed by atoms with van der Waals surface area (Å²) in [5, 5.41) is 18.3. The van der Waals surface area contributed by atoms with Crippen LogP contribution in [0, 0.1) is 17.2 Å². The van der Waals surface area contributed by atoms with Crippen molar-refractivity contribution in [2.24, 2.45) is 5.92 Å². The van der Waals surface area contributed by atoms with Gasteiger partial charge in [-0.15, -0.1) is 0 Å². The number of likely N-dealkylation sites (tertiary alicyclic amines) is 1. The van der Waals surface area contributed by atoms with E-state index in [9.17, 15) is 14.9 Å². The summed E-state index contributed by atoms with van der Waals surface area (Å²) in [5.41, 5.74) is 0.919. The topological polar surface area (TPSA) is 84.6 Å². The summed E-state index contributed by atoms with van der Waals surface area (Å²) in [6.07, 6.45) is 2.36. The SMILES string of the molecule is CN(/C=C(/C#N)C(=O)N1CCC(C(=O)O)CC1)c1ccccc1. The number of nitriles is 1. The number of benzene rings is 1. The highest BCUT2D eigenvalue weighted by atomic mass is 16.4. The number of amides is 1. The van der Waals surface area contributed by atoms with Gasteiger partial charge in [0.15, 0.2) is 0 Å². The van der Waals surface area contributed by atoms with Gasteiger partial charge in [0.25, 0.3) is 5.91 Å². The number of carboxylic acid groups (broad SMARTS) is 1. The van der Waals surface area contributed by atoms with Gasteiger partial charge in [0, 0.05) is 32.0 Å². The number of hydrogen-bond donors (Lipinski definition) is 1. The molecule has 0 aromatic heterocycles. The van der Waals surface area contributed by atoms with E-state index in [1.54, 1.807) is 16.8 Å². The van der Waals surface area contributed by atoms with Crippen LogP contribution in [0.15, 0.2) is 42.1 Å². The van der Waals surface area contributed by atoms with Crippen LogP contribution < -0.4 is 4.90 Å². The van der Waals surface area contributed by atoms with E-state index in [1.165, 1.54) is 6.20 Å². The third kappa shape index (κ3) is 4.10. The summed E-state index contributed by atoms with van der Waals surface area (Å²) in [7, 11) is 1.77. The first kappa shape index (κ1) is 16.6. The Kier molecular flexibility index (Phi) is 5.36. The molecule has 1 heterocycles. The minimum Gasteiger partial charge on any atom is -0.481 e. The van der Waals surface area contributed by atoms with Gasteiger partial charge in [0.2, 0.25) is 0 Å². The second kappa shape index (κ2) is 7.45. The van der Waals surface area contributed by atoms with Crippen molar-refractivity contribution in [3.63, 3.8) is 0 Å². The molecule has 0 bridgehead atoms. The smallest absolute Gasteiger partial charge is 0.306 e. The number of nitrogens with zero attached hydrogens (tertiary/aromatic N) is 3. The molecule has 1 aromatic rings. The Morgan fingerprint density at radius 2 is 1.91 bits per heavy atom. The molecule has 1 aliphatic rings. The highest BCUT2D eigenvalue weighted by Gasteiger charge is 2.28. The lowest BCUT2D eigenvalue weighted by molar-refractivity contribution is -0.145. The first-order valence-corrected chi connectivity index (χ1v) is 7.45. The molecule has 23 heavy (non-hydrogen) atoms. The maximum Gasteiger partial charge on any atom is 0.306 e. The molecule has 0 aliphatic carbocycles. The van der Waals surface area contributed by atoms with Gasteiger partial charge in [-0.1, -0.05) is 18.2 Å². The van der Waals surface area contributed by atoms with Crippen molar-refractivity contribution in [3.05, 3.63) is 42.1 Å². The Balaban J connectivity index is 2.06. The number of carboxylic acids is 1. The standard InChI is InChI=1S/C17H19N3O3/c1-19(15-5-3-2-4-6-15)12-14(11-18)16(21)20-9-7-13(8-10-20)17(22)23/h2-6,12-13H,7-10H2,1H3,(H,22,23)/b14-12-. The predicted octanol–water partition coefficient (Wildman–Crippen LogP) is 1.85. The molecule has 120 valence electrons. The fourth-order valence-corrected chi connectivity index (χ4v) is 2.56. The number of aliphatic carboxylic acids is 1. The van der Waals surface area contributed by atoms with Gasteiger partial charge in [0.1, 0.15) is 11.6 Å². The van der Waals surface area contributed by atoms with Crippen molar-refractivity contribution in [1.82, 2.24) is 4.90 Å². The van der Waals surface area contributed by atoms with Crippen molar-refractivity contribution >= 4 is 17.6 Å². The molecule has 6 nitrogen and oxygen atoms in total. The summed E-state index contributed by atoms with van der Waals surface area (Å²) in [4.78, 5) is 26.7. The van der Waals surface area contributed by atoms with Crippen molar-refractivity contribution in [3.8, 4) is 6.07 Å². The Labute approximate surface area is 135 Å². The minimum absolute atomic E-state index is 0.0464. The maximum absolute atomic E-state index is 12.4. The van der Waals surface area contributed by atoms with E-state index in [4.69, 9.17) is 5.11 Å². The van der Waals surface area contributed by atoms with Crippen LogP contribution in [-0.4, -0.2) is 42.0 Å². The number of piperidine rings is 1. The zero-order chi connectivity index (χ0) is 16.8. The molecule has 6 heteroatoms. The Bertz CT molecular complexity index is 641. The van der Waals surface area contributed by atoms with Crippen molar-refractivity contribution in [2.45, 2.75) is 12.8 Å². The van der Waals surface area contributed by atoms with Crippen molar-refractivity contribution in [2.75, 3.05) is 25.0 Å². The molecule has 1 amide bonds. The number of rotatable bonds is 4. The zero-order valence-corrected chi connectivity index (χ0v) is 13.0. The average Bonchev–Trinajstić information content (AvgIpc) is 2.59. The molecule has 2 rings (SSSR count). The summed E-state index contributed by atoms with van der Waals surface area (Å²) >= 11 is 0. The monoisotopic (exact) mass is 313 g/mol. The lowest BCUT2D eigenvalue weighted by Crippen LogP contribution is -2.41. The quantitative estimate of drug-likeness (QED) is 0.677. The summed E-state index contributed by atoms with van der Waals surface area (Å²) < 4.78 is 0. The number of hydrogen-bond acceptors (Lipinski definition) is 4. The number of carbonyl (C=O) groups excluding carboxylic acids is 1. The molecule has 0 spiro atoms. The van der Waals surface area contributed by atoms with E-state index in [0.29, 0.717) is 25.9 Å². The lowest BCUT2D eigenvalue weighted by Gasteiger charge is -2.30. The van der Waals surface area contributed by atoms with Crippen LogP contribution in [0.25, 0.3) is 0 Å². The van der Waals surface area contributed by atoms with Crippen LogP contribution in [0.4, 0.5) is 5.69 Å². The molecule has 1 saturated heterocycles. The van der Waals surface area contributed by atoms with E-state index in [0.717, 1.165) is 5.69 Å². The average molecular weight is 313 g/mol. The fraction of sp³-hybridized carbons (Fsp3) is 0.353. The largest absolute Gasteiger partial charge is 0.481 e. The first-order valence-electron chi connectivity index (χ1n) is 7.45. The molecule has 1 fully saturated rings. The van der Waals surface area contributed by atoms with Gasteiger partial charge in [-0.2, -0.15) is 5.26 Å². The Hall–Kier alpha value is -2.81. The third-order valence-electron chi connectivity index (χ3n) is 3.97. The minimum atomic E-state index is -0.822. The van der Waals surface area contributed by atoms with E-state index in [1.807, 2.05) is 36.4 Å². The summed E-state index contributed by atoms with van der Waals surface area (Å²) in [6, 6.07) is 11.4. The van der Waals surface area contributed by atoms with Crippen LogP contribution >= 0.6 is 0 Å². The molecule has 1 N–H and O–H groups in total. The van der Waals surface area contributed by atoms with Crippen LogP contribution in [-0.2, 0) is 9.59 Å². The van der Waals surface area contributed by atoms with E-state index < -0.39 is 11.9 Å². The number of para-hydroxylation sites is 1. The van der Waals surface area contributed by atoms with Gasteiger partial charge >= 0.3 is 5.97 Å². The second-order valence-electron chi connectivity index (χ2n) is 5.51. The van der Waals surface area contributed by atoms with Crippen LogP contribution in [0.1, 0.15) is 12.8 Å². The molecular weight excluding hydrogens is 294 g/mol. The van der Waals surface area contributed by atoms with E-state index >= 15 is 0 Å². The summed E-state index contributed by atoms with van der Waals surface area (Å²) in [5.74, 6) is -1.57. The molecular formula is C17H19N3O3. The molecule has 1 aromatic carbocycles. The zero-order valence-electron chi connectivity index (χ0n) is 13.0. The number of anilines is 1. The van der Waals surface area contributed by atoms with Gasteiger partial charge in [-0.05, 0) is 25.0 Å². The highest BCUT2D eigenvalue weighted by Crippen LogP contribution is 2.19. The maximum atomic E-state index is 12.4. The second-order valence-corrected chi connectivity index (χ2v) is 5.51. The van der Waals surface area contributed by atoms with E-state index in [2.05, 4.69) is 0 Å². The highest BCUT2D eigenvalue weighted by molar-refractivity contribution is 5.97. The lowest BCUT2D eigenvalue weighted by atomic mass is 9.97. The van der Waals surface area contributed by atoms with Gasteiger partial charge in [-0.3, -0.25) is 9.59 Å². The first-order chi connectivity index (χ1) is 11.0. The molecule has 0 unspecified atom stereocenters. The van der Waals surface area contributed by atoms with Crippen LogP contribution in [0.3, 0.4) is 0 Å². The van der Waals surface area contributed by atoms with Gasteiger partial charge in [-0.25, -0.2) is 0 Å². The van der Waals surface area contributed by atoms with Crippen molar-refractivity contribution < 1.29 is 14.7 Å². The molecule has 0 atom stereocenters. The Morgan fingerprint density at radius 3 is 2.43 bits per heavy atom. The van der Waals surface area contributed by atoms with Crippen molar-refractivity contribution in [1.29, 1.82) is 5.26 Å². The Morgan fingerprint density at radius 1 is 1.30 bits per heavy atom. The molecule has 0 radical (unpaired) electrons. The molecule has 0 saturated carbocycles. The van der Waals surface area contributed by atoms with E-state index in [-0.39, 0.29) is 11.5 Å². The normalized spacial score (nSPS) is 15.8. The van der Waals surface area contributed by atoms with Crippen LogP contribution in [0.5, 0.6) is 0 Å². The summed E-state index contributed by atoms with van der Waals surface area (Å²) in [6.45, 7) is 0.730. The molecule has 1 aliphatic heterocycles. The number of carbonyl (C=O) groups is 2. The predicted molar refractivity (Wildman–Crippen MR) is 85.5 cm³/mol. The van der Waals surface area contributed by atoms with Gasteiger partial charge in [0.05, 0.1) is 5.92 Å².